The van der Waals surface area contributed by atoms with Crippen LogP contribution in [0.3, 0.4) is 0 Å². The zero-order valence-electron chi connectivity index (χ0n) is 20.3. The summed E-state index contributed by atoms with van der Waals surface area (Å²) in [7, 11) is -2.57. The van der Waals surface area contributed by atoms with E-state index in [-0.39, 0.29) is 21.4 Å². The van der Waals surface area contributed by atoms with Crippen LogP contribution in [0, 0.1) is 0 Å². The summed E-state index contributed by atoms with van der Waals surface area (Å²) >= 11 is 2.33. The smallest absolute Gasteiger partial charge is 0.261 e. The zero-order chi connectivity index (χ0) is 23.5. The Bertz CT molecular complexity index is 848. The molecule has 6 heteroatoms. The van der Waals surface area contributed by atoms with Crippen LogP contribution in [0.15, 0.2) is 60.7 Å². The van der Waals surface area contributed by atoms with Crippen LogP contribution in [0.1, 0.15) is 53.4 Å². The molecule has 2 aromatic carbocycles. The average Bonchev–Trinajstić information content (AvgIpc) is 3.45. The monoisotopic (exact) mass is 580 g/mol. The topological polar surface area (TPSA) is 40.2 Å². The molecule has 33 heavy (non-hydrogen) atoms. The van der Waals surface area contributed by atoms with Crippen molar-refractivity contribution in [2.24, 2.45) is 0 Å². The number of epoxide rings is 1. The normalized spacial score (nSPS) is 27.6. The first-order chi connectivity index (χ1) is 15.8. The molecular weight excluding hydrogens is 543 g/mol. The van der Waals surface area contributed by atoms with Gasteiger partial charge in [0.2, 0.25) is 5.79 Å². The first-order valence-corrected chi connectivity index (χ1v) is 15.3. The number of ether oxygens (including phenoxy) is 3. The Balaban J connectivity index is 1.56. The van der Waals surface area contributed by atoms with Gasteiger partial charge in [-0.3, -0.25) is 0 Å². The highest BCUT2D eigenvalue weighted by molar-refractivity contribution is 14.1. The molecule has 2 fully saturated rings. The number of benzene rings is 2. The molecule has 2 unspecified atom stereocenters. The molecule has 1 spiro atoms. The molecule has 2 aromatic rings. The molecule has 2 aliphatic rings. The van der Waals surface area contributed by atoms with E-state index in [2.05, 4.69) is 111 Å². The van der Waals surface area contributed by atoms with E-state index in [4.69, 9.17) is 18.6 Å². The third kappa shape index (κ3) is 5.11. The van der Waals surface area contributed by atoms with E-state index in [1.807, 2.05) is 0 Å². The van der Waals surface area contributed by atoms with Crippen molar-refractivity contribution in [3.05, 3.63) is 60.7 Å². The quantitative estimate of drug-likeness (QED) is 0.131. The lowest BCUT2D eigenvalue weighted by atomic mass is 10.0. The summed E-state index contributed by atoms with van der Waals surface area (Å²) in [5.74, 6) is -0.605. The van der Waals surface area contributed by atoms with Crippen LogP contribution in [0.4, 0.5) is 0 Å². The molecule has 180 valence electrons. The third-order valence-corrected chi connectivity index (χ3v) is 12.9. The fraction of sp³-hybridized carbons (Fsp3) is 0.556. The maximum absolute atomic E-state index is 7.11. The number of unbranched alkanes of at least 4 members (excludes halogenated alkanes) is 1. The Morgan fingerprint density at radius 1 is 0.970 bits per heavy atom. The van der Waals surface area contributed by atoms with Gasteiger partial charge in [-0.25, -0.2) is 0 Å². The minimum atomic E-state index is -2.57. The van der Waals surface area contributed by atoms with Crippen molar-refractivity contribution >= 4 is 41.3 Å². The predicted octanol–water partition coefficient (Wildman–Crippen LogP) is 5.41. The van der Waals surface area contributed by atoms with E-state index in [1.54, 1.807) is 0 Å². The molecule has 0 amide bonds. The number of hydrogen-bond acceptors (Lipinski definition) is 4. The average molecular weight is 581 g/mol. The third-order valence-electron chi connectivity index (χ3n) is 6.82. The Morgan fingerprint density at radius 3 is 2.03 bits per heavy atom. The van der Waals surface area contributed by atoms with Crippen molar-refractivity contribution in [1.82, 2.24) is 0 Å². The number of alkyl halides is 1. The van der Waals surface area contributed by atoms with Gasteiger partial charge in [-0.15, -0.1) is 0 Å². The predicted molar refractivity (Wildman–Crippen MR) is 144 cm³/mol. The van der Waals surface area contributed by atoms with Crippen molar-refractivity contribution in [2.45, 2.75) is 80.5 Å². The van der Waals surface area contributed by atoms with Crippen LogP contribution in [-0.2, 0) is 18.6 Å². The highest BCUT2D eigenvalue weighted by Crippen LogP contribution is 2.51. The molecule has 0 aliphatic carbocycles. The lowest BCUT2D eigenvalue weighted by Crippen LogP contribution is -2.67. The molecule has 4 rings (SSSR count). The molecule has 0 radical (unpaired) electrons. The van der Waals surface area contributed by atoms with Gasteiger partial charge in [0.05, 0.1) is 12.7 Å². The van der Waals surface area contributed by atoms with Gasteiger partial charge in [0.25, 0.3) is 8.32 Å². The maximum atomic E-state index is 7.11. The van der Waals surface area contributed by atoms with E-state index in [0.29, 0.717) is 6.61 Å². The highest BCUT2D eigenvalue weighted by atomic mass is 127. The van der Waals surface area contributed by atoms with Gasteiger partial charge in [-0.05, 0) is 57.3 Å². The van der Waals surface area contributed by atoms with Crippen molar-refractivity contribution in [3.63, 3.8) is 0 Å². The van der Waals surface area contributed by atoms with Crippen LogP contribution < -0.4 is 10.4 Å². The minimum Gasteiger partial charge on any atom is -0.405 e. The highest BCUT2D eigenvalue weighted by Gasteiger charge is 2.65. The SMILES string of the molecule is CCCCO[C@@H]1CC[C@@H](CO[Si](c2ccccc2)(c2ccccc2)C(C)(C)C)OC12OC2I. The Labute approximate surface area is 213 Å². The van der Waals surface area contributed by atoms with Crippen LogP contribution in [0.2, 0.25) is 5.04 Å². The number of halogens is 1. The Morgan fingerprint density at radius 2 is 1.55 bits per heavy atom. The van der Waals surface area contributed by atoms with E-state index in [1.165, 1.54) is 10.4 Å². The van der Waals surface area contributed by atoms with Crippen LogP contribution >= 0.6 is 22.6 Å². The Hall–Kier alpha value is -0.773. The van der Waals surface area contributed by atoms with Gasteiger partial charge in [-0.2, -0.15) is 0 Å². The molecule has 2 heterocycles. The van der Waals surface area contributed by atoms with Crippen molar-refractivity contribution in [2.75, 3.05) is 13.2 Å². The summed E-state index contributed by atoms with van der Waals surface area (Å²) in [6.07, 6.45) is 4.07. The van der Waals surface area contributed by atoms with Gasteiger partial charge >= 0.3 is 0 Å². The lowest BCUT2D eigenvalue weighted by Gasteiger charge is -2.44. The second-order valence-corrected chi connectivity index (χ2v) is 15.6. The molecule has 4 nitrogen and oxygen atoms in total. The largest absolute Gasteiger partial charge is 0.405 e. The van der Waals surface area contributed by atoms with Crippen molar-refractivity contribution < 1.29 is 18.6 Å². The van der Waals surface area contributed by atoms with Crippen LogP contribution in [0.25, 0.3) is 0 Å². The molecule has 2 aliphatic heterocycles. The van der Waals surface area contributed by atoms with Crippen LogP contribution in [0.5, 0.6) is 0 Å². The molecule has 4 atom stereocenters. The molecule has 2 saturated heterocycles. The van der Waals surface area contributed by atoms with Crippen LogP contribution in [-0.4, -0.2) is 43.6 Å². The second-order valence-electron chi connectivity index (χ2n) is 10.2. The van der Waals surface area contributed by atoms with Crippen molar-refractivity contribution in [3.8, 4) is 0 Å². The van der Waals surface area contributed by atoms with Gasteiger partial charge in [0.15, 0.2) is 4.11 Å². The first-order valence-electron chi connectivity index (χ1n) is 12.2. The van der Waals surface area contributed by atoms with E-state index in [9.17, 15) is 0 Å². The van der Waals surface area contributed by atoms with E-state index < -0.39 is 14.1 Å². The summed E-state index contributed by atoms with van der Waals surface area (Å²) in [4.78, 5) is 0. The fourth-order valence-corrected chi connectivity index (χ4v) is 10.6. The molecule has 0 saturated carbocycles. The Kier molecular flexibility index (Phi) is 8.03. The van der Waals surface area contributed by atoms with E-state index in [0.717, 1.165) is 32.3 Å². The molecular formula is C27H37IO4Si. The van der Waals surface area contributed by atoms with E-state index >= 15 is 0 Å². The summed E-state index contributed by atoms with van der Waals surface area (Å²) in [6, 6.07) is 21.6. The standard InChI is InChI=1S/C27H37IO4Si/c1-5-6-19-29-24-18-17-21(31-27(24)25(28)32-27)20-30-33(26(2,3)4,22-13-9-7-10-14-22)23-15-11-8-12-16-23/h7-16,21,24-25H,5-6,17-20H2,1-4H3/t21-,24+,25?,27?/m0/s1. The van der Waals surface area contributed by atoms with Crippen molar-refractivity contribution in [1.29, 1.82) is 0 Å². The molecule has 0 N–H and O–H groups in total. The van der Waals surface area contributed by atoms with Gasteiger partial charge < -0.3 is 18.6 Å². The zero-order valence-corrected chi connectivity index (χ0v) is 23.4. The molecule has 0 bridgehead atoms. The summed E-state index contributed by atoms with van der Waals surface area (Å²) in [6.45, 7) is 10.4. The van der Waals surface area contributed by atoms with Gasteiger partial charge in [-0.1, -0.05) is 94.8 Å². The summed E-state index contributed by atoms with van der Waals surface area (Å²) < 4.78 is 25.9. The first kappa shape index (κ1) is 25.3. The van der Waals surface area contributed by atoms with Gasteiger partial charge in [0.1, 0.15) is 6.10 Å². The minimum absolute atomic E-state index is 0.00237. The second kappa shape index (κ2) is 10.5. The lowest BCUT2D eigenvalue weighted by molar-refractivity contribution is -0.205. The maximum Gasteiger partial charge on any atom is 0.261 e. The number of hydrogen-bond donors (Lipinski definition) is 0. The fourth-order valence-electron chi connectivity index (χ4n) is 5.03. The van der Waals surface area contributed by atoms with Gasteiger partial charge in [0, 0.05) is 6.61 Å². The molecule has 0 aromatic heterocycles. The summed E-state index contributed by atoms with van der Waals surface area (Å²) in [5, 5.41) is 2.55. The number of rotatable bonds is 9. The summed E-state index contributed by atoms with van der Waals surface area (Å²) in [5.41, 5.74) is 0.